The van der Waals surface area contributed by atoms with Gasteiger partial charge in [0.1, 0.15) is 5.82 Å². The van der Waals surface area contributed by atoms with Crippen molar-refractivity contribution < 1.29 is 0 Å². The molecule has 0 spiro atoms. The van der Waals surface area contributed by atoms with Crippen LogP contribution in [0.15, 0.2) is 24.7 Å². The van der Waals surface area contributed by atoms with Gasteiger partial charge in [-0.1, -0.05) is 0 Å². The molecule has 2 aromatic rings. The van der Waals surface area contributed by atoms with Crippen LogP contribution in [-0.4, -0.2) is 14.5 Å². The lowest BCUT2D eigenvalue weighted by molar-refractivity contribution is 0.989. The van der Waals surface area contributed by atoms with Crippen LogP contribution >= 0.6 is 0 Å². The molecule has 2 N–H and O–H groups in total. The number of rotatable bonds is 1. The molecule has 0 aliphatic heterocycles. The summed E-state index contributed by atoms with van der Waals surface area (Å²) in [6, 6.07) is 3.71. The van der Waals surface area contributed by atoms with Crippen LogP contribution in [0.5, 0.6) is 0 Å². The Kier molecular flexibility index (Phi) is 1.96. The molecule has 72 valence electrons. The van der Waals surface area contributed by atoms with Crippen LogP contribution in [0.4, 0.5) is 5.82 Å². The predicted molar refractivity (Wildman–Crippen MR) is 55.2 cm³/mol. The van der Waals surface area contributed by atoms with Gasteiger partial charge in [0.2, 0.25) is 0 Å². The Morgan fingerprint density at radius 2 is 2.00 bits per heavy atom. The molecule has 14 heavy (non-hydrogen) atoms. The van der Waals surface area contributed by atoms with Crippen LogP contribution in [0, 0.1) is 13.8 Å². The maximum absolute atomic E-state index is 5.51. The molecule has 0 unspecified atom stereocenters. The summed E-state index contributed by atoms with van der Waals surface area (Å²) in [5, 5.41) is 0. The first-order valence-electron chi connectivity index (χ1n) is 4.41. The van der Waals surface area contributed by atoms with Crippen LogP contribution in [0.1, 0.15) is 11.4 Å². The quantitative estimate of drug-likeness (QED) is 0.737. The SMILES string of the molecule is Cc1ncn(-c2ccc(N)nc2)c1C. The Morgan fingerprint density at radius 1 is 1.21 bits per heavy atom. The third-order valence-electron chi connectivity index (χ3n) is 2.30. The van der Waals surface area contributed by atoms with E-state index in [2.05, 4.69) is 9.97 Å². The lowest BCUT2D eigenvalue weighted by Crippen LogP contribution is -1.97. The molecule has 0 fully saturated rings. The maximum atomic E-state index is 5.51. The minimum Gasteiger partial charge on any atom is -0.384 e. The van der Waals surface area contributed by atoms with E-state index in [0.29, 0.717) is 5.82 Å². The molecule has 0 saturated carbocycles. The van der Waals surface area contributed by atoms with Crippen molar-refractivity contribution >= 4 is 5.82 Å². The van der Waals surface area contributed by atoms with Gasteiger partial charge in [0.15, 0.2) is 0 Å². The molecule has 2 aromatic heterocycles. The maximum Gasteiger partial charge on any atom is 0.123 e. The summed E-state index contributed by atoms with van der Waals surface area (Å²) in [5.41, 5.74) is 8.65. The summed E-state index contributed by atoms with van der Waals surface area (Å²) in [5.74, 6) is 0.531. The number of nitrogens with two attached hydrogens (primary N) is 1. The molecule has 0 aliphatic carbocycles. The smallest absolute Gasteiger partial charge is 0.123 e. The second kappa shape index (κ2) is 3.14. The number of pyridine rings is 1. The molecule has 4 nitrogen and oxygen atoms in total. The third kappa shape index (κ3) is 1.35. The zero-order valence-corrected chi connectivity index (χ0v) is 8.23. The molecule has 0 saturated heterocycles. The molecule has 2 heterocycles. The first-order chi connectivity index (χ1) is 6.68. The van der Waals surface area contributed by atoms with Crippen molar-refractivity contribution in [1.82, 2.24) is 14.5 Å². The average molecular weight is 188 g/mol. The number of hydrogen-bond acceptors (Lipinski definition) is 3. The Labute approximate surface area is 82.4 Å². The van der Waals surface area contributed by atoms with E-state index in [0.717, 1.165) is 17.1 Å². The number of aromatic nitrogens is 3. The average Bonchev–Trinajstić information content (AvgIpc) is 2.50. The second-order valence-corrected chi connectivity index (χ2v) is 3.23. The van der Waals surface area contributed by atoms with Crippen LogP contribution in [0.2, 0.25) is 0 Å². The van der Waals surface area contributed by atoms with E-state index in [1.165, 1.54) is 0 Å². The van der Waals surface area contributed by atoms with Crippen molar-refractivity contribution in [3.63, 3.8) is 0 Å². The van der Waals surface area contributed by atoms with Crippen molar-refractivity contribution in [1.29, 1.82) is 0 Å². The number of nitrogen functional groups attached to an aromatic ring is 1. The van der Waals surface area contributed by atoms with Crippen molar-refractivity contribution in [2.75, 3.05) is 5.73 Å². The van der Waals surface area contributed by atoms with E-state index < -0.39 is 0 Å². The van der Waals surface area contributed by atoms with Crippen molar-refractivity contribution in [2.24, 2.45) is 0 Å². The largest absolute Gasteiger partial charge is 0.384 e. The monoisotopic (exact) mass is 188 g/mol. The van der Waals surface area contributed by atoms with E-state index >= 15 is 0 Å². The fraction of sp³-hybridized carbons (Fsp3) is 0.200. The highest BCUT2D eigenvalue weighted by Gasteiger charge is 2.03. The number of anilines is 1. The van der Waals surface area contributed by atoms with Gasteiger partial charge in [-0.3, -0.25) is 0 Å². The second-order valence-electron chi connectivity index (χ2n) is 3.23. The standard InChI is InChI=1S/C10H12N4/c1-7-8(2)14(6-13-7)9-3-4-10(11)12-5-9/h3-6H,1-2H3,(H2,11,12). The van der Waals surface area contributed by atoms with E-state index in [9.17, 15) is 0 Å². The highest BCUT2D eigenvalue weighted by atomic mass is 15.1. The van der Waals surface area contributed by atoms with Crippen LogP contribution in [0.3, 0.4) is 0 Å². The molecule has 0 aromatic carbocycles. The molecule has 2 rings (SSSR count). The van der Waals surface area contributed by atoms with Gasteiger partial charge in [-0.15, -0.1) is 0 Å². The van der Waals surface area contributed by atoms with Gasteiger partial charge in [0.05, 0.1) is 23.9 Å². The van der Waals surface area contributed by atoms with E-state index in [1.54, 1.807) is 18.6 Å². The number of aryl methyl sites for hydroxylation is 1. The first kappa shape index (κ1) is 8.74. The third-order valence-corrected chi connectivity index (χ3v) is 2.30. The lowest BCUT2D eigenvalue weighted by Gasteiger charge is -2.04. The Morgan fingerprint density at radius 3 is 2.50 bits per heavy atom. The minimum atomic E-state index is 0.531. The first-order valence-corrected chi connectivity index (χ1v) is 4.41. The van der Waals surface area contributed by atoms with Gasteiger partial charge in [0, 0.05) is 5.69 Å². The van der Waals surface area contributed by atoms with Gasteiger partial charge < -0.3 is 10.3 Å². The predicted octanol–water partition coefficient (Wildman–Crippen LogP) is 1.47. The molecule has 0 bridgehead atoms. The minimum absolute atomic E-state index is 0.531. The van der Waals surface area contributed by atoms with Crippen LogP contribution < -0.4 is 5.73 Å². The fourth-order valence-electron chi connectivity index (χ4n) is 1.30. The van der Waals surface area contributed by atoms with Gasteiger partial charge in [-0.25, -0.2) is 9.97 Å². The summed E-state index contributed by atoms with van der Waals surface area (Å²) >= 11 is 0. The zero-order chi connectivity index (χ0) is 10.1. The molecule has 0 atom stereocenters. The summed E-state index contributed by atoms with van der Waals surface area (Å²) in [7, 11) is 0. The Balaban J connectivity index is 2.49. The van der Waals surface area contributed by atoms with Crippen molar-refractivity contribution in [2.45, 2.75) is 13.8 Å². The topological polar surface area (TPSA) is 56.7 Å². The number of nitrogens with zero attached hydrogens (tertiary/aromatic N) is 3. The van der Waals surface area contributed by atoms with Crippen LogP contribution in [-0.2, 0) is 0 Å². The molecule has 0 radical (unpaired) electrons. The molecule has 0 amide bonds. The normalized spacial score (nSPS) is 10.4. The van der Waals surface area contributed by atoms with Crippen LogP contribution in [0.25, 0.3) is 5.69 Å². The van der Waals surface area contributed by atoms with E-state index in [-0.39, 0.29) is 0 Å². The van der Waals surface area contributed by atoms with Crippen molar-refractivity contribution in [3.05, 3.63) is 36.0 Å². The zero-order valence-electron chi connectivity index (χ0n) is 8.23. The van der Waals surface area contributed by atoms with Crippen molar-refractivity contribution in [3.8, 4) is 5.69 Å². The fourth-order valence-corrected chi connectivity index (χ4v) is 1.30. The Hall–Kier alpha value is -1.84. The Bertz CT molecular complexity index is 442. The molecular weight excluding hydrogens is 176 g/mol. The number of imidazole rings is 1. The van der Waals surface area contributed by atoms with Gasteiger partial charge in [-0.05, 0) is 26.0 Å². The highest BCUT2D eigenvalue weighted by molar-refractivity contribution is 5.38. The van der Waals surface area contributed by atoms with E-state index in [1.807, 2.05) is 24.5 Å². The molecule has 4 heteroatoms. The molecular formula is C10H12N4. The summed E-state index contributed by atoms with van der Waals surface area (Å²) in [4.78, 5) is 8.25. The molecule has 0 aliphatic rings. The number of hydrogen-bond donors (Lipinski definition) is 1. The van der Waals surface area contributed by atoms with E-state index in [4.69, 9.17) is 5.73 Å². The highest BCUT2D eigenvalue weighted by Crippen LogP contribution is 2.12. The lowest BCUT2D eigenvalue weighted by atomic mass is 10.3. The van der Waals surface area contributed by atoms with Gasteiger partial charge in [-0.2, -0.15) is 0 Å². The van der Waals surface area contributed by atoms with Gasteiger partial charge >= 0.3 is 0 Å². The summed E-state index contributed by atoms with van der Waals surface area (Å²) < 4.78 is 1.99. The van der Waals surface area contributed by atoms with Gasteiger partial charge in [0.25, 0.3) is 0 Å². The summed E-state index contributed by atoms with van der Waals surface area (Å²) in [6.45, 7) is 4.01. The summed E-state index contributed by atoms with van der Waals surface area (Å²) in [6.07, 6.45) is 3.53.